The number of para-hydroxylation sites is 2. The van der Waals surface area contributed by atoms with E-state index in [0.717, 1.165) is 37.4 Å². The van der Waals surface area contributed by atoms with Gasteiger partial charge in [0, 0.05) is 13.2 Å². The van der Waals surface area contributed by atoms with E-state index in [0.29, 0.717) is 12.5 Å². The van der Waals surface area contributed by atoms with Crippen molar-refractivity contribution in [3.05, 3.63) is 59.7 Å². The van der Waals surface area contributed by atoms with Crippen LogP contribution in [0.3, 0.4) is 0 Å². The monoisotopic (exact) mass is 325 g/mol. The van der Waals surface area contributed by atoms with Crippen LogP contribution in [0.15, 0.2) is 48.5 Å². The van der Waals surface area contributed by atoms with Crippen LogP contribution in [0.5, 0.6) is 5.75 Å². The van der Waals surface area contributed by atoms with Gasteiger partial charge in [-0.3, -0.25) is 0 Å². The first-order valence-electron chi connectivity index (χ1n) is 8.88. The first kappa shape index (κ1) is 16.8. The number of rotatable bonds is 7. The summed E-state index contributed by atoms with van der Waals surface area (Å²) >= 11 is 0. The molecule has 0 radical (unpaired) electrons. The molecule has 1 unspecified atom stereocenters. The zero-order valence-corrected chi connectivity index (χ0v) is 14.6. The first-order valence-corrected chi connectivity index (χ1v) is 8.88. The predicted octanol–water partition coefficient (Wildman–Crippen LogP) is 4.98. The number of hydrogen-bond acceptors (Lipinski definition) is 3. The zero-order valence-electron chi connectivity index (χ0n) is 14.6. The maximum atomic E-state index is 5.97. The summed E-state index contributed by atoms with van der Waals surface area (Å²) < 4.78 is 11.6. The van der Waals surface area contributed by atoms with E-state index in [1.54, 1.807) is 0 Å². The summed E-state index contributed by atoms with van der Waals surface area (Å²) in [6.45, 7) is 6.71. The third kappa shape index (κ3) is 4.51. The van der Waals surface area contributed by atoms with Gasteiger partial charge in [-0.15, -0.1) is 0 Å². The second-order valence-electron chi connectivity index (χ2n) is 6.69. The topological polar surface area (TPSA) is 30.5 Å². The van der Waals surface area contributed by atoms with Crippen molar-refractivity contribution < 1.29 is 9.47 Å². The first-order chi connectivity index (χ1) is 11.7. The van der Waals surface area contributed by atoms with Crippen LogP contribution >= 0.6 is 0 Å². The highest BCUT2D eigenvalue weighted by Crippen LogP contribution is 2.26. The van der Waals surface area contributed by atoms with Crippen LogP contribution in [0, 0.1) is 0 Å². The van der Waals surface area contributed by atoms with Crippen molar-refractivity contribution in [2.24, 2.45) is 0 Å². The Balaban J connectivity index is 1.58. The van der Waals surface area contributed by atoms with E-state index in [1.165, 1.54) is 11.1 Å². The summed E-state index contributed by atoms with van der Waals surface area (Å²) in [6.07, 6.45) is 2.47. The van der Waals surface area contributed by atoms with Crippen LogP contribution < -0.4 is 10.1 Å². The van der Waals surface area contributed by atoms with Crippen LogP contribution in [-0.2, 0) is 11.3 Å². The van der Waals surface area contributed by atoms with Gasteiger partial charge in [-0.25, -0.2) is 0 Å². The largest absolute Gasteiger partial charge is 0.489 e. The van der Waals surface area contributed by atoms with Gasteiger partial charge in [0.1, 0.15) is 12.4 Å². The summed E-state index contributed by atoms with van der Waals surface area (Å²) in [7, 11) is 0. The third-order valence-corrected chi connectivity index (χ3v) is 4.47. The van der Waals surface area contributed by atoms with Crippen molar-refractivity contribution in [1.29, 1.82) is 0 Å². The molecular weight excluding hydrogens is 298 g/mol. The highest BCUT2D eigenvalue weighted by atomic mass is 16.5. The third-order valence-electron chi connectivity index (χ3n) is 4.47. The van der Waals surface area contributed by atoms with Crippen LogP contribution in [-0.4, -0.2) is 19.3 Å². The summed E-state index contributed by atoms with van der Waals surface area (Å²) in [4.78, 5) is 0. The van der Waals surface area contributed by atoms with Gasteiger partial charge in [-0.1, -0.05) is 50.2 Å². The lowest BCUT2D eigenvalue weighted by atomic mass is 10.0. The van der Waals surface area contributed by atoms with Crippen LogP contribution in [0.25, 0.3) is 0 Å². The molecule has 1 atom stereocenters. The summed E-state index contributed by atoms with van der Waals surface area (Å²) in [6, 6.07) is 16.9. The Bertz CT molecular complexity index is 631. The van der Waals surface area contributed by atoms with Crippen LogP contribution in [0.1, 0.15) is 43.7 Å². The van der Waals surface area contributed by atoms with Gasteiger partial charge in [0.2, 0.25) is 0 Å². The average molecular weight is 325 g/mol. The molecule has 1 saturated heterocycles. The maximum absolute atomic E-state index is 5.97. The van der Waals surface area contributed by atoms with Crippen molar-refractivity contribution in [3.63, 3.8) is 0 Å². The second-order valence-corrected chi connectivity index (χ2v) is 6.69. The van der Waals surface area contributed by atoms with Gasteiger partial charge in [0.15, 0.2) is 0 Å². The molecule has 0 amide bonds. The molecule has 2 aromatic carbocycles. The van der Waals surface area contributed by atoms with Gasteiger partial charge in [-0.05, 0) is 42.0 Å². The highest BCUT2D eigenvalue weighted by Gasteiger charge is 2.16. The molecule has 2 aromatic rings. The number of anilines is 1. The SMILES string of the molecule is CC(C)c1ccc(CNc2ccccc2OCC2CCCO2)cc1. The van der Waals surface area contributed by atoms with E-state index < -0.39 is 0 Å². The quantitative estimate of drug-likeness (QED) is 0.779. The summed E-state index contributed by atoms with van der Waals surface area (Å²) in [5, 5.41) is 3.49. The molecule has 1 fully saturated rings. The second kappa shape index (κ2) is 8.20. The fourth-order valence-corrected chi connectivity index (χ4v) is 2.91. The molecule has 1 aliphatic rings. The number of benzene rings is 2. The zero-order chi connectivity index (χ0) is 16.8. The lowest BCUT2D eigenvalue weighted by Gasteiger charge is -2.16. The van der Waals surface area contributed by atoms with E-state index in [1.807, 2.05) is 18.2 Å². The molecule has 0 saturated carbocycles. The number of ether oxygens (including phenoxy) is 2. The van der Waals surface area contributed by atoms with E-state index >= 15 is 0 Å². The molecule has 0 spiro atoms. The van der Waals surface area contributed by atoms with Crippen LogP contribution in [0.4, 0.5) is 5.69 Å². The fourth-order valence-electron chi connectivity index (χ4n) is 2.91. The lowest BCUT2D eigenvalue weighted by Crippen LogP contribution is -2.16. The molecule has 24 heavy (non-hydrogen) atoms. The lowest BCUT2D eigenvalue weighted by molar-refractivity contribution is 0.0682. The van der Waals surface area contributed by atoms with Gasteiger partial charge in [0.05, 0.1) is 11.8 Å². The molecule has 3 nitrogen and oxygen atoms in total. The van der Waals surface area contributed by atoms with E-state index in [9.17, 15) is 0 Å². The molecule has 128 valence electrons. The molecule has 3 heteroatoms. The van der Waals surface area contributed by atoms with Gasteiger partial charge >= 0.3 is 0 Å². The molecule has 1 heterocycles. The van der Waals surface area contributed by atoms with E-state index in [2.05, 4.69) is 49.5 Å². The Hall–Kier alpha value is -2.00. The average Bonchev–Trinajstić information content (AvgIpc) is 3.12. The predicted molar refractivity (Wildman–Crippen MR) is 98.8 cm³/mol. The molecule has 0 aliphatic carbocycles. The van der Waals surface area contributed by atoms with Gasteiger partial charge in [-0.2, -0.15) is 0 Å². The Morgan fingerprint density at radius 2 is 1.92 bits per heavy atom. The van der Waals surface area contributed by atoms with Crippen molar-refractivity contribution in [3.8, 4) is 5.75 Å². The van der Waals surface area contributed by atoms with E-state index in [-0.39, 0.29) is 6.10 Å². The molecular formula is C21H27NO2. The van der Waals surface area contributed by atoms with Crippen molar-refractivity contribution in [2.45, 2.75) is 45.3 Å². The number of hydrogen-bond donors (Lipinski definition) is 1. The molecule has 0 aromatic heterocycles. The molecule has 0 bridgehead atoms. The molecule has 1 aliphatic heterocycles. The summed E-state index contributed by atoms with van der Waals surface area (Å²) in [5.74, 6) is 1.46. The van der Waals surface area contributed by atoms with Gasteiger partial charge < -0.3 is 14.8 Å². The van der Waals surface area contributed by atoms with Crippen molar-refractivity contribution >= 4 is 5.69 Å². The highest BCUT2D eigenvalue weighted by molar-refractivity contribution is 5.56. The smallest absolute Gasteiger partial charge is 0.142 e. The minimum atomic E-state index is 0.238. The Kier molecular flexibility index (Phi) is 5.76. The molecule has 1 N–H and O–H groups in total. The normalized spacial score (nSPS) is 17.2. The maximum Gasteiger partial charge on any atom is 0.142 e. The number of nitrogens with one attached hydrogen (secondary N) is 1. The minimum Gasteiger partial charge on any atom is -0.489 e. The Labute approximate surface area is 145 Å². The molecule has 3 rings (SSSR count). The van der Waals surface area contributed by atoms with E-state index in [4.69, 9.17) is 9.47 Å². The van der Waals surface area contributed by atoms with Gasteiger partial charge in [0.25, 0.3) is 0 Å². The van der Waals surface area contributed by atoms with Crippen molar-refractivity contribution in [1.82, 2.24) is 0 Å². The Morgan fingerprint density at radius 1 is 1.12 bits per heavy atom. The standard InChI is InChI=1S/C21H27NO2/c1-16(2)18-11-9-17(10-12-18)14-22-20-7-3-4-8-21(20)24-15-19-6-5-13-23-19/h3-4,7-12,16,19,22H,5-6,13-15H2,1-2H3. The Morgan fingerprint density at radius 3 is 2.62 bits per heavy atom. The fraction of sp³-hybridized carbons (Fsp3) is 0.429. The van der Waals surface area contributed by atoms with Crippen molar-refractivity contribution in [2.75, 3.05) is 18.5 Å². The van der Waals surface area contributed by atoms with Crippen LogP contribution in [0.2, 0.25) is 0 Å². The minimum absolute atomic E-state index is 0.238. The summed E-state index contributed by atoms with van der Waals surface area (Å²) in [5.41, 5.74) is 3.68.